The van der Waals surface area contributed by atoms with Crippen LogP contribution in [-0.4, -0.2) is 17.9 Å². The highest BCUT2D eigenvalue weighted by Gasteiger charge is 2.07. The molecule has 3 heteroatoms. The quantitative estimate of drug-likeness (QED) is 0.576. The maximum Gasteiger partial charge on any atom is 0.201 e. The molecule has 63 valence electrons. The third-order valence-corrected chi connectivity index (χ3v) is 1.59. The standard InChI is InChI=1S/C8H12ClO2/c1-7(6-10)5-8(11)3-2-4-9/h7H,2-5H2,1H3. The second kappa shape index (κ2) is 6.35. The van der Waals surface area contributed by atoms with Gasteiger partial charge in [0.2, 0.25) is 6.29 Å². The summed E-state index contributed by atoms with van der Waals surface area (Å²) in [7, 11) is 0. The van der Waals surface area contributed by atoms with Crippen molar-refractivity contribution in [2.24, 2.45) is 5.92 Å². The molecule has 11 heavy (non-hydrogen) atoms. The first-order valence-electron chi connectivity index (χ1n) is 3.66. The topological polar surface area (TPSA) is 34.1 Å². The lowest BCUT2D eigenvalue weighted by molar-refractivity contribution is -0.119. The van der Waals surface area contributed by atoms with Crippen molar-refractivity contribution in [1.29, 1.82) is 0 Å². The molecule has 0 aliphatic rings. The Balaban J connectivity index is 3.43. The molecular formula is C8H12ClO2. The van der Waals surface area contributed by atoms with Crippen LogP contribution >= 0.6 is 11.6 Å². The van der Waals surface area contributed by atoms with Crippen molar-refractivity contribution in [3.63, 3.8) is 0 Å². The van der Waals surface area contributed by atoms with Gasteiger partial charge in [0.15, 0.2) is 0 Å². The molecular weight excluding hydrogens is 164 g/mol. The summed E-state index contributed by atoms with van der Waals surface area (Å²) in [5.41, 5.74) is 0. The summed E-state index contributed by atoms with van der Waals surface area (Å²) in [6, 6.07) is 0. The fourth-order valence-corrected chi connectivity index (χ4v) is 0.883. The average Bonchev–Trinajstić information content (AvgIpc) is 2.00. The first kappa shape index (κ1) is 10.6. The predicted molar refractivity (Wildman–Crippen MR) is 44.4 cm³/mol. The zero-order chi connectivity index (χ0) is 8.69. The highest BCUT2D eigenvalue weighted by atomic mass is 35.5. The molecule has 1 atom stereocenters. The fraction of sp³-hybridized carbons (Fsp3) is 0.750. The molecule has 0 fully saturated rings. The Hall–Kier alpha value is -0.370. The third-order valence-electron chi connectivity index (χ3n) is 1.32. The summed E-state index contributed by atoms with van der Waals surface area (Å²) in [5, 5.41) is 0. The number of hydrogen-bond donors (Lipinski definition) is 0. The van der Waals surface area contributed by atoms with Crippen molar-refractivity contribution in [2.45, 2.75) is 26.2 Å². The van der Waals surface area contributed by atoms with E-state index in [4.69, 9.17) is 11.6 Å². The molecule has 0 N–H and O–H groups in total. The first-order chi connectivity index (χ1) is 5.20. The highest BCUT2D eigenvalue weighted by Crippen LogP contribution is 2.03. The van der Waals surface area contributed by atoms with Gasteiger partial charge in [0.25, 0.3) is 0 Å². The lowest BCUT2D eigenvalue weighted by atomic mass is 10.0. The van der Waals surface area contributed by atoms with E-state index in [-0.39, 0.29) is 11.7 Å². The van der Waals surface area contributed by atoms with Gasteiger partial charge in [0.1, 0.15) is 5.78 Å². The average molecular weight is 176 g/mol. The van der Waals surface area contributed by atoms with Gasteiger partial charge in [0.05, 0.1) is 0 Å². The first-order valence-corrected chi connectivity index (χ1v) is 4.19. The van der Waals surface area contributed by atoms with Crippen molar-refractivity contribution < 1.29 is 9.59 Å². The highest BCUT2D eigenvalue weighted by molar-refractivity contribution is 6.17. The van der Waals surface area contributed by atoms with Crippen LogP contribution in [0, 0.1) is 5.92 Å². The summed E-state index contributed by atoms with van der Waals surface area (Å²) in [4.78, 5) is 20.9. The molecule has 0 amide bonds. The van der Waals surface area contributed by atoms with Crippen LogP contribution in [0.15, 0.2) is 0 Å². The summed E-state index contributed by atoms with van der Waals surface area (Å²) in [6.07, 6.45) is 3.26. The van der Waals surface area contributed by atoms with Gasteiger partial charge in [-0.2, -0.15) is 0 Å². The summed E-state index contributed by atoms with van der Waals surface area (Å²) >= 11 is 5.39. The molecule has 0 aliphatic heterocycles. The number of carbonyl (C=O) groups excluding carboxylic acids is 2. The molecule has 0 spiro atoms. The Morgan fingerprint density at radius 2 is 2.27 bits per heavy atom. The number of hydrogen-bond acceptors (Lipinski definition) is 2. The molecule has 0 aromatic heterocycles. The maximum atomic E-state index is 10.9. The van der Waals surface area contributed by atoms with Crippen LogP contribution in [-0.2, 0) is 9.59 Å². The Labute approximate surface area is 71.9 Å². The van der Waals surface area contributed by atoms with E-state index in [1.54, 1.807) is 13.2 Å². The van der Waals surface area contributed by atoms with E-state index in [0.717, 1.165) is 0 Å². The number of ketones is 1. The molecule has 0 aromatic carbocycles. The fourth-order valence-electron chi connectivity index (χ4n) is 0.749. The zero-order valence-corrected chi connectivity index (χ0v) is 7.36. The van der Waals surface area contributed by atoms with E-state index in [9.17, 15) is 9.59 Å². The third kappa shape index (κ3) is 6.05. The molecule has 0 bridgehead atoms. The number of alkyl halides is 1. The van der Waals surface area contributed by atoms with E-state index in [1.165, 1.54) is 0 Å². The van der Waals surface area contributed by atoms with Gasteiger partial charge in [-0.25, -0.2) is 0 Å². The van der Waals surface area contributed by atoms with Crippen LogP contribution in [0.3, 0.4) is 0 Å². The largest absolute Gasteiger partial charge is 0.300 e. The molecule has 0 aromatic rings. The predicted octanol–water partition coefficient (Wildman–Crippen LogP) is 1.71. The lowest BCUT2D eigenvalue weighted by Crippen LogP contribution is -2.06. The van der Waals surface area contributed by atoms with Crippen molar-refractivity contribution in [2.75, 3.05) is 5.88 Å². The van der Waals surface area contributed by atoms with Gasteiger partial charge in [-0.1, -0.05) is 6.92 Å². The molecule has 1 unspecified atom stereocenters. The second-order valence-corrected chi connectivity index (χ2v) is 2.93. The molecule has 0 saturated carbocycles. The Morgan fingerprint density at radius 1 is 1.64 bits per heavy atom. The van der Waals surface area contributed by atoms with Crippen molar-refractivity contribution >= 4 is 23.7 Å². The molecule has 0 rings (SSSR count). The number of halogens is 1. The van der Waals surface area contributed by atoms with Gasteiger partial charge >= 0.3 is 0 Å². The number of Topliss-reactive ketones (excluding diaryl/α,β-unsaturated/α-hetero) is 1. The van der Waals surface area contributed by atoms with Crippen LogP contribution in [0.1, 0.15) is 26.2 Å². The SMILES string of the molecule is CC([C]=O)CC(=O)CCCCl. The van der Waals surface area contributed by atoms with Crippen LogP contribution in [0.4, 0.5) is 0 Å². The summed E-state index contributed by atoms with van der Waals surface area (Å²) in [5.74, 6) is 0.338. The summed E-state index contributed by atoms with van der Waals surface area (Å²) in [6.45, 7) is 1.69. The Morgan fingerprint density at radius 3 is 2.73 bits per heavy atom. The van der Waals surface area contributed by atoms with Crippen molar-refractivity contribution in [3.05, 3.63) is 0 Å². The maximum absolute atomic E-state index is 10.9. The minimum Gasteiger partial charge on any atom is -0.300 e. The second-order valence-electron chi connectivity index (χ2n) is 2.55. The Kier molecular flexibility index (Phi) is 6.13. The molecule has 0 saturated heterocycles. The minimum atomic E-state index is -0.266. The van der Waals surface area contributed by atoms with Crippen molar-refractivity contribution in [1.82, 2.24) is 0 Å². The van der Waals surface area contributed by atoms with Gasteiger partial charge < -0.3 is 0 Å². The van der Waals surface area contributed by atoms with Gasteiger partial charge in [0, 0.05) is 24.6 Å². The van der Waals surface area contributed by atoms with E-state index < -0.39 is 0 Å². The van der Waals surface area contributed by atoms with E-state index in [2.05, 4.69) is 0 Å². The van der Waals surface area contributed by atoms with Gasteiger partial charge in [-0.05, 0) is 6.42 Å². The number of rotatable bonds is 6. The lowest BCUT2D eigenvalue weighted by Gasteiger charge is -1.99. The van der Waals surface area contributed by atoms with Crippen LogP contribution in [0.5, 0.6) is 0 Å². The van der Waals surface area contributed by atoms with Crippen LogP contribution < -0.4 is 0 Å². The Bertz CT molecular complexity index is 134. The molecule has 0 aliphatic carbocycles. The van der Waals surface area contributed by atoms with Crippen LogP contribution in [0.25, 0.3) is 0 Å². The zero-order valence-electron chi connectivity index (χ0n) is 6.60. The van der Waals surface area contributed by atoms with Gasteiger partial charge in [-0.3, -0.25) is 9.59 Å². The van der Waals surface area contributed by atoms with Crippen LogP contribution in [0.2, 0.25) is 0 Å². The molecule has 1 radical (unpaired) electrons. The summed E-state index contributed by atoms with van der Waals surface area (Å²) < 4.78 is 0. The number of carbonyl (C=O) groups is 1. The van der Waals surface area contributed by atoms with E-state index >= 15 is 0 Å². The normalized spacial score (nSPS) is 12.5. The minimum absolute atomic E-state index is 0.0986. The molecule has 2 nitrogen and oxygen atoms in total. The van der Waals surface area contributed by atoms with E-state index in [1.807, 2.05) is 0 Å². The molecule has 0 heterocycles. The van der Waals surface area contributed by atoms with Crippen molar-refractivity contribution in [3.8, 4) is 0 Å². The monoisotopic (exact) mass is 175 g/mol. The smallest absolute Gasteiger partial charge is 0.201 e. The van der Waals surface area contributed by atoms with Gasteiger partial charge in [-0.15, -0.1) is 11.6 Å². The van der Waals surface area contributed by atoms with E-state index in [0.29, 0.717) is 25.1 Å².